The summed E-state index contributed by atoms with van der Waals surface area (Å²) in [5, 5.41) is 20.6. The highest BCUT2D eigenvalue weighted by Gasteiger charge is 2.20. The average Bonchev–Trinajstić information content (AvgIpc) is 3.06. The molecule has 1 aromatic heterocycles. The number of nitrogens with one attached hydrogen (secondary N) is 1. The second-order valence-electron chi connectivity index (χ2n) is 8.18. The van der Waals surface area contributed by atoms with E-state index >= 15 is 0 Å². The number of carboxylic acid groups (broad SMARTS) is 1. The number of rotatable bonds is 7. The van der Waals surface area contributed by atoms with E-state index < -0.39 is 11.8 Å². The Morgan fingerprint density at radius 1 is 1.03 bits per heavy atom. The van der Waals surface area contributed by atoms with Gasteiger partial charge < -0.3 is 20.1 Å². The van der Waals surface area contributed by atoms with E-state index in [1.54, 1.807) is 24.3 Å². The summed E-state index contributed by atoms with van der Waals surface area (Å²) in [5.41, 5.74) is 4.34. The summed E-state index contributed by atoms with van der Waals surface area (Å²) in [4.78, 5) is 21.0. The van der Waals surface area contributed by atoms with Crippen LogP contribution in [-0.2, 0) is 17.8 Å². The van der Waals surface area contributed by atoms with E-state index in [4.69, 9.17) is 4.99 Å². The zero-order valence-electron chi connectivity index (χ0n) is 18.3. The number of aliphatic carboxylic acids is 1. The third-order valence-electron chi connectivity index (χ3n) is 5.18. The van der Waals surface area contributed by atoms with Gasteiger partial charge in [0, 0.05) is 17.5 Å². The first-order valence-electron chi connectivity index (χ1n) is 10.4. The van der Waals surface area contributed by atoms with Gasteiger partial charge in [0.2, 0.25) is 0 Å². The summed E-state index contributed by atoms with van der Waals surface area (Å²) < 4.78 is 13.8. The maximum Gasteiger partial charge on any atom is 0.307 e. The van der Waals surface area contributed by atoms with Gasteiger partial charge >= 0.3 is 5.97 Å². The number of aromatic hydroxyl groups is 1. The summed E-state index contributed by atoms with van der Waals surface area (Å²) in [6.07, 6.45) is -0.134. The van der Waals surface area contributed by atoms with Gasteiger partial charge in [-0.05, 0) is 61.6 Å². The highest BCUT2D eigenvalue weighted by molar-refractivity contribution is 6.22. The number of aliphatic imine (C=N–C) groups is 1. The van der Waals surface area contributed by atoms with Gasteiger partial charge in [-0.25, -0.2) is 9.38 Å². The fraction of sp³-hybridized carbons (Fsp3) is 0.154. The van der Waals surface area contributed by atoms with Gasteiger partial charge in [0.25, 0.3) is 0 Å². The molecule has 33 heavy (non-hydrogen) atoms. The molecule has 0 spiro atoms. The maximum atomic E-state index is 13.8. The minimum Gasteiger partial charge on any atom is -0.494 e. The molecule has 0 saturated carbocycles. The SMILES string of the molecule is CN(C)Cc1cccc(N=C(c2cccc(CC(=O)O)c2)c2c(O)[nH]c3cc(F)ccc23)c1. The molecule has 0 aliphatic carbocycles. The lowest BCUT2D eigenvalue weighted by Crippen LogP contribution is -2.10. The predicted molar refractivity (Wildman–Crippen MR) is 127 cm³/mol. The number of aromatic nitrogens is 1. The lowest BCUT2D eigenvalue weighted by Gasteiger charge is -2.12. The van der Waals surface area contributed by atoms with Gasteiger partial charge in [0.05, 0.1) is 28.9 Å². The van der Waals surface area contributed by atoms with Crippen LogP contribution < -0.4 is 0 Å². The van der Waals surface area contributed by atoms with Crippen molar-refractivity contribution in [3.63, 3.8) is 0 Å². The second kappa shape index (κ2) is 9.26. The predicted octanol–water partition coefficient (Wildman–Crippen LogP) is 4.87. The Labute approximate surface area is 190 Å². The minimum atomic E-state index is -0.938. The molecule has 0 saturated heterocycles. The van der Waals surface area contributed by atoms with Gasteiger partial charge in [-0.3, -0.25) is 4.79 Å². The largest absolute Gasteiger partial charge is 0.494 e. The maximum absolute atomic E-state index is 13.8. The van der Waals surface area contributed by atoms with E-state index in [0.29, 0.717) is 39.0 Å². The molecular weight excluding hydrogens is 421 g/mol. The number of carboxylic acids is 1. The molecule has 6 nitrogen and oxygen atoms in total. The molecule has 0 aliphatic rings. The second-order valence-corrected chi connectivity index (χ2v) is 8.18. The molecule has 3 aromatic carbocycles. The monoisotopic (exact) mass is 445 g/mol. The van der Waals surface area contributed by atoms with Crippen LogP contribution in [0, 0.1) is 5.82 Å². The summed E-state index contributed by atoms with van der Waals surface area (Å²) in [7, 11) is 3.97. The van der Waals surface area contributed by atoms with Crippen molar-refractivity contribution >= 4 is 28.3 Å². The molecule has 0 fully saturated rings. The number of benzene rings is 3. The molecule has 0 amide bonds. The number of nitrogens with zero attached hydrogens (tertiary/aromatic N) is 2. The molecule has 0 radical (unpaired) electrons. The van der Waals surface area contributed by atoms with Crippen molar-refractivity contribution in [2.24, 2.45) is 4.99 Å². The fourth-order valence-corrected chi connectivity index (χ4v) is 3.88. The number of H-pyrrole nitrogens is 1. The molecule has 7 heteroatoms. The minimum absolute atomic E-state index is 0.134. The summed E-state index contributed by atoms with van der Waals surface area (Å²) >= 11 is 0. The number of fused-ring (bicyclic) bond motifs is 1. The topological polar surface area (TPSA) is 88.9 Å². The number of aromatic amines is 1. The molecule has 0 atom stereocenters. The van der Waals surface area contributed by atoms with Gasteiger partial charge in [-0.15, -0.1) is 0 Å². The van der Waals surface area contributed by atoms with Crippen molar-refractivity contribution in [1.82, 2.24) is 9.88 Å². The van der Waals surface area contributed by atoms with Gasteiger partial charge in [0.1, 0.15) is 5.82 Å². The van der Waals surface area contributed by atoms with Crippen molar-refractivity contribution in [2.75, 3.05) is 14.1 Å². The van der Waals surface area contributed by atoms with Gasteiger partial charge in [0.15, 0.2) is 5.88 Å². The molecular formula is C26H24FN3O3. The van der Waals surface area contributed by atoms with E-state index in [0.717, 1.165) is 12.1 Å². The molecule has 168 valence electrons. The lowest BCUT2D eigenvalue weighted by atomic mass is 9.98. The van der Waals surface area contributed by atoms with Crippen LogP contribution in [0.4, 0.5) is 10.1 Å². The van der Waals surface area contributed by atoms with Crippen molar-refractivity contribution < 1.29 is 19.4 Å². The number of halogens is 1. The molecule has 1 heterocycles. The Kier molecular flexibility index (Phi) is 6.24. The third-order valence-corrected chi connectivity index (χ3v) is 5.18. The summed E-state index contributed by atoms with van der Waals surface area (Å²) in [6.45, 7) is 0.740. The van der Waals surface area contributed by atoms with E-state index in [1.165, 1.54) is 12.1 Å². The molecule has 0 aliphatic heterocycles. The quantitative estimate of drug-likeness (QED) is 0.354. The van der Waals surface area contributed by atoms with E-state index in [-0.39, 0.29) is 12.3 Å². The highest BCUT2D eigenvalue weighted by atomic mass is 19.1. The van der Waals surface area contributed by atoms with Crippen LogP contribution in [0.2, 0.25) is 0 Å². The van der Waals surface area contributed by atoms with Crippen LogP contribution in [0.1, 0.15) is 22.3 Å². The first-order valence-corrected chi connectivity index (χ1v) is 10.4. The fourth-order valence-electron chi connectivity index (χ4n) is 3.88. The highest BCUT2D eigenvalue weighted by Crippen LogP contribution is 2.32. The Hall–Kier alpha value is -3.97. The summed E-state index contributed by atoms with van der Waals surface area (Å²) in [5.74, 6) is -1.50. The number of hydrogen-bond acceptors (Lipinski definition) is 4. The Morgan fingerprint density at radius 3 is 2.55 bits per heavy atom. The van der Waals surface area contributed by atoms with Crippen LogP contribution in [0.15, 0.2) is 71.7 Å². The molecule has 3 N–H and O–H groups in total. The Morgan fingerprint density at radius 2 is 1.79 bits per heavy atom. The van der Waals surface area contributed by atoms with Crippen LogP contribution in [0.5, 0.6) is 5.88 Å². The Balaban J connectivity index is 1.92. The molecule has 4 rings (SSSR count). The van der Waals surface area contributed by atoms with Gasteiger partial charge in [-0.2, -0.15) is 0 Å². The number of carbonyl (C=O) groups is 1. The first kappa shape index (κ1) is 22.2. The van der Waals surface area contributed by atoms with Crippen molar-refractivity contribution in [1.29, 1.82) is 0 Å². The zero-order chi connectivity index (χ0) is 23.5. The smallest absolute Gasteiger partial charge is 0.307 e. The van der Waals surface area contributed by atoms with Crippen LogP contribution in [0.3, 0.4) is 0 Å². The van der Waals surface area contributed by atoms with Gasteiger partial charge in [-0.1, -0.05) is 30.3 Å². The summed E-state index contributed by atoms with van der Waals surface area (Å²) in [6, 6.07) is 19.1. The van der Waals surface area contributed by atoms with E-state index in [2.05, 4.69) is 9.88 Å². The van der Waals surface area contributed by atoms with Crippen molar-refractivity contribution in [2.45, 2.75) is 13.0 Å². The lowest BCUT2D eigenvalue weighted by molar-refractivity contribution is -0.136. The van der Waals surface area contributed by atoms with Crippen molar-refractivity contribution in [3.05, 3.63) is 94.8 Å². The Bertz CT molecular complexity index is 1360. The van der Waals surface area contributed by atoms with Crippen molar-refractivity contribution in [3.8, 4) is 5.88 Å². The molecule has 0 bridgehead atoms. The first-order chi connectivity index (χ1) is 15.8. The van der Waals surface area contributed by atoms with E-state index in [1.807, 2.05) is 44.4 Å². The normalized spacial score (nSPS) is 11.9. The molecule has 4 aromatic rings. The van der Waals surface area contributed by atoms with Crippen LogP contribution in [0.25, 0.3) is 10.9 Å². The standard InChI is InChI=1S/C26H24FN3O3/c1-30(2)15-17-6-4-8-20(12-17)28-25(18-7-3-5-16(11-18)13-23(31)32)24-21-10-9-19(27)14-22(21)29-26(24)33/h3-12,14,29,33H,13,15H2,1-2H3,(H,31,32). The molecule has 0 unspecified atom stereocenters. The average molecular weight is 445 g/mol. The van der Waals surface area contributed by atoms with Crippen LogP contribution in [-0.4, -0.2) is 45.9 Å². The number of hydrogen-bond donors (Lipinski definition) is 3. The van der Waals surface area contributed by atoms with Crippen LogP contribution >= 0.6 is 0 Å². The third kappa shape index (κ3) is 5.10. The zero-order valence-corrected chi connectivity index (χ0v) is 18.3. The van der Waals surface area contributed by atoms with E-state index in [9.17, 15) is 19.4 Å².